The molecule has 2 unspecified atom stereocenters. The molecule has 1 amide bonds. The Kier molecular flexibility index (Phi) is 3.88. The molecule has 1 heterocycles. The molecule has 1 fully saturated rings. The van der Waals surface area contributed by atoms with Gasteiger partial charge in [0.1, 0.15) is 5.82 Å². The first-order valence-electron chi connectivity index (χ1n) is 6.05. The molecule has 1 aliphatic rings. The number of carbonyl (C=O) groups excluding carboxylic acids is 1. The first-order valence-corrected chi connectivity index (χ1v) is 6.43. The Balaban J connectivity index is 2.48. The molecule has 5 heteroatoms. The molecule has 2 atom stereocenters. The molecule has 1 saturated heterocycles. The smallest absolute Gasteiger partial charge is 0.223 e. The Hall–Kier alpha value is -1.13. The number of halogens is 2. The van der Waals surface area contributed by atoms with Gasteiger partial charge >= 0.3 is 0 Å². The summed E-state index contributed by atoms with van der Waals surface area (Å²) in [5, 5.41) is 0.323. The van der Waals surface area contributed by atoms with Gasteiger partial charge in [0, 0.05) is 29.6 Å². The Morgan fingerprint density at radius 1 is 1.56 bits per heavy atom. The van der Waals surface area contributed by atoms with Gasteiger partial charge in [-0.25, -0.2) is 4.39 Å². The second-order valence-corrected chi connectivity index (χ2v) is 4.87. The highest BCUT2D eigenvalue weighted by Gasteiger charge is 2.36. The van der Waals surface area contributed by atoms with Crippen LogP contribution in [0.1, 0.15) is 31.4 Å². The third kappa shape index (κ3) is 2.22. The fourth-order valence-corrected chi connectivity index (χ4v) is 2.79. The SMILES string of the molecule is CCN1C(=O)CCC(N)C1c1c(F)cccc1Cl. The van der Waals surface area contributed by atoms with Crippen molar-refractivity contribution in [3.63, 3.8) is 0 Å². The molecule has 18 heavy (non-hydrogen) atoms. The lowest BCUT2D eigenvalue weighted by Gasteiger charge is -2.39. The van der Waals surface area contributed by atoms with Crippen molar-refractivity contribution in [3.8, 4) is 0 Å². The maximum absolute atomic E-state index is 14.0. The zero-order valence-electron chi connectivity index (χ0n) is 10.2. The zero-order valence-corrected chi connectivity index (χ0v) is 11.0. The minimum Gasteiger partial charge on any atom is -0.334 e. The standard InChI is InChI=1S/C13H16ClFN2O/c1-2-17-11(18)7-6-10(16)13(17)12-8(14)4-3-5-9(12)15/h3-5,10,13H,2,6-7,16H2,1H3. The molecule has 2 rings (SSSR count). The van der Waals surface area contributed by atoms with E-state index in [-0.39, 0.29) is 11.9 Å². The predicted octanol–water partition coefficient (Wildman–Crippen LogP) is 2.49. The van der Waals surface area contributed by atoms with E-state index in [0.29, 0.717) is 30.0 Å². The van der Waals surface area contributed by atoms with Crippen molar-refractivity contribution >= 4 is 17.5 Å². The summed E-state index contributed by atoms with van der Waals surface area (Å²) < 4.78 is 14.0. The van der Waals surface area contributed by atoms with Crippen LogP contribution in [0.3, 0.4) is 0 Å². The summed E-state index contributed by atoms with van der Waals surface area (Å²) in [5.74, 6) is -0.403. The third-order valence-corrected chi connectivity index (χ3v) is 3.72. The lowest BCUT2D eigenvalue weighted by molar-refractivity contribution is -0.137. The molecule has 0 aromatic heterocycles. The number of rotatable bonds is 2. The normalized spacial score (nSPS) is 24.4. The van der Waals surface area contributed by atoms with Gasteiger partial charge in [-0.15, -0.1) is 0 Å². The van der Waals surface area contributed by atoms with Crippen molar-refractivity contribution in [1.82, 2.24) is 4.90 Å². The van der Waals surface area contributed by atoms with Crippen molar-refractivity contribution in [1.29, 1.82) is 0 Å². The van der Waals surface area contributed by atoms with E-state index in [1.807, 2.05) is 6.92 Å². The van der Waals surface area contributed by atoms with Crippen LogP contribution in [0.2, 0.25) is 5.02 Å². The van der Waals surface area contributed by atoms with Crippen molar-refractivity contribution in [3.05, 3.63) is 34.6 Å². The van der Waals surface area contributed by atoms with Crippen LogP contribution in [0, 0.1) is 5.82 Å². The average Bonchev–Trinajstić information content (AvgIpc) is 2.33. The first-order chi connectivity index (χ1) is 8.56. The number of carbonyl (C=O) groups is 1. The summed E-state index contributed by atoms with van der Waals surface area (Å²) in [6.45, 7) is 2.36. The second kappa shape index (κ2) is 5.24. The molecule has 1 aromatic carbocycles. The number of benzene rings is 1. The lowest BCUT2D eigenvalue weighted by atomic mass is 9.90. The minimum absolute atomic E-state index is 0.00326. The van der Waals surface area contributed by atoms with Crippen LogP contribution >= 0.6 is 11.6 Å². The molecule has 0 saturated carbocycles. The molecule has 0 bridgehead atoms. The first kappa shape index (κ1) is 13.3. The van der Waals surface area contributed by atoms with E-state index in [4.69, 9.17) is 17.3 Å². The van der Waals surface area contributed by atoms with E-state index in [1.54, 1.807) is 17.0 Å². The largest absolute Gasteiger partial charge is 0.334 e. The van der Waals surface area contributed by atoms with Gasteiger partial charge in [-0.3, -0.25) is 4.79 Å². The summed E-state index contributed by atoms with van der Waals surface area (Å²) in [4.78, 5) is 13.5. The molecule has 2 N–H and O–H groups in total. The highest BCUT2D eigenvalue weighted by Crippen LogP contribution is 2.36. The second-order valence-electron chi connectivity index (χ2n) is 4.46. The summed E-state index contributed by atoms with van der Waals surface area (Å²) in [5.41, 5.74) is 6.39. The Labute approximate surface area is 111 Å². The Bertz CT molecular complexity index is 446. The van der Waals surface area contributed by atoms with Crippen LogP contribution in [-0.2, 0) is 4.79 Å². The van der Waals surface area contributed by atoms with Gasteiger partial charge in [-0.05, 0) is 25.5 Å². The van der Waals surface area contributed by atoms with E-state index in [2.05, 4.69) is 0 Å². The number of nitrogens with two attached hydrogens (primary N) is 1. The summed E-state index contributed by atoms with van der Waals surface area (Å²) in [7, 11) is 0. The molecule has 0 aliphatic carbocycles. The molecule has 98 valence electrons. The summed E-state index contributed by atoms with van der Waals surface area (Å²) in [6.07, 6.45) is 0.974. The fraction of sp³-hybridized carbons (Fsp3) is 0.462. The third-order valence-electron chi connectivity index (χ3n) is 3.39. The topological polar surface area (TPSA) is 46.3 Å². The number of hydrogen-bond donors (Lipinski definition) is 1. The number of piperidine rings is 1. The van der Waals surface area contributed by atoms with Crippen LogP contribution in [-0.4, -0.2) is 23.4 Å². The summed E-state index contributed by atoms with van der Waals surface area (Å²) in [6, 6.07) is 3.77. The van der Waals surface area contributed by atoms with Crippen molar-refractivity contribution in [2.75, 3.05) is 6.54 Å². The van der Waals surface area contributed by atoms with Crippen molar-refractivity contribution in [2.45, 2.75) is 31.8 Å². The van der Waals surface area contributed by atoms with Gasteiger partial charge in [0.25, 0.3) is 0 Å². The fourth-order valence-electron chi connectivity index (χ4n) is 2.51. The van der Waals surface area contributed by atoms with Gasteiger partial charge in [0.15, 0.2) is 0 Å². The maximum Gasteiger partial charge on any atom is 0.223 e. The number of amides is 1. The predicted molar refractivity (Wildman–Crippen MR) is 68.7 cm³/mol. The quantitative estimate of drug-likeness (QED) is 0.897. The van der Waals surface area contributed by atoms with Crippen LogP contribution < -0.4 is 5.73 Å². The number of likely N-dealkylation sites (tertiary alicyclic amines) is 1. The van der Waals surface area contributed by atoms with E-state index in [9.17, 15) is 9.18 Å². The van der Waals surface area contributed by atoms with E-state index < -0.39 is 11.9 Å². The molecular weight excluding hydrogens is 255 g/mol. The van der Waals surface area contributed by atoms with Gasteiger partial charge in [-0.2, -0.15) is 0 Å². The van der Waals surface area contributed by atoms with Gasteiger partial charge < -0.3 is 10.6 Å². The van der Waals surface area contributed by atoms with Gasteiger partial charge in [0.2, 0.25) is 5.91 Å². The molecule has 1 aromatic rings. The van der Waals surface area contributed by atoms with Gasteiger partial charge in [0.05, 0.1) is 6.04 Å². The number of nitrogens with zero attached hydrogens (tertiary/aromatic N) is 1. The van der Waals surface area contributed by atoms with E-state index in [1.165, 1.54) is 6.07 Å². The number of likely N-dealkylation sites (N-methyl/N-ethyl adjacent to an activating group) is 1. The molecule has 0 radical (unpaired) electrons. The van der Waals surface area contributed by atoms with Crippen molar-refractivity contribution in [2.24, 2.45) is 5.73 Å². The lowest BCUT2D eigenvalue weighted by Crippen LogP contribution is -2.49. The summed E-state index contributed by atoms with van der Waals surface area (Å²) >= 11 is 6.06. The molecule has 3 nitrogen and oxygen atoms in total. The van der Waals surface area contributed by atoms with Gasteiger partial charge in [-0.1, -0.05) is 17.7 Å². The van der Waals surface area contributed by atoms with Crippen LogP contribution in [0.15, 0.2) is 18.2 Å². The zero-order chi connectivity index (χ0) is 13.3. The van der Waals surface area contributed by atoms with E-state index >= 15 is 0 Å². The minimum atomic E-state index is -0.468. The van der Waals surface area contributed by atoms with Crippen molar-refractivity contribution < 1.29 is 9.18 Å². The van der Waals surface area contributed by atoms with Crippen LogP contribution in [0.4, 0.5) is 4.39 Å². The van der Waals surface area contributed by atoms with Crippen LogP contribution in [0.25, 0.3) is 0 Å². The molecular formula is C13H16ClFN2O. The monoisotopic (exact) mass is 270 g/mol. The average molecular weight is 271 g/mol. The number of hydrogen-bond acceptors (Lipinski definition) is 2. The van der Waals surface area contributed by atoms with E-state index in [0.717, 1.165) is 0 Å². The van der Waals surface area contributed by atoms with Crippen LogP contribution in [0.5, 0.6) is 0 Å². The Morgan fingerprint density at radius 3 is 2.89 bits per heavy atom. The highest BCUT2D eigenvalue weighted by atomic mass is 35.5. The highest BCUT2D eigenvalue weighted by molar-refractivity contribution is 6.31. The maximum atomic E-state index is 14.0. The molecule has 1 aliphatic heterocycles. The molecule has 0 spiro atoms. The Morgan fingerprint density at radius 2 is 2.28 bits per heavy atom.